The summed E-state index contributed by atoms with van der Waals surface area (Å²) in [5.41, 5.74) is 3.41. The maximum Gasteiger partial charge on any atom is 0.211 e. The van der Waals surface area contributed by atoms with E-state index in [0.717, 1.165) is 0 Å². The lowest BCUT2D eigenvalue weighted by molar-refractivity contribution is -0.497. The van der Waals surface area contributed by atoms with Crippen LogP contribution in [0.5, 0.6) is 0 Å². The molecule has 5 atom stereocenters. The first-order valence-corrected chi connectivity index (χ1v) is 3.71. The zero-order valence-corrected chi connectivity index (χ0v) is 6.50. The van der Waals surface area contributed by atoms with Crippen LogP contribution in [0.1, 0.15) is 0 Å². The molecule has 6 nitrogen and oxygen atoms in total. The molecule has 0 radical (unpaired) electrons. The van der Waals surface area contributed by atoms with Crippen LogP contribution in [0.4, 0.5) is 0 Å². The Balaban J connectivity index is 2.63. The molecule has 1 rings (SSSR count). The lowest BCUT2D eigenvalue weighted by atomic mass is 9.98. The van der Waals surface area contributed by atoms with Gasteiger partial charge in [0.2, 0.25) is 6.29 Å². The zero-order chi connectivity index (χ0) is 9.30. The molecule has 0 spiro atoms. The van der Waals surface area contributed by atoms with Crippen molar-refractivity contribution < 1.29 is 30.9 Å². The molecule has 6 heteroatoms. The van der Waals surface area contributed by atoms with Crippen LogP contribution in [0.3, 0.4) is 0 Å². The van der Waals surface area contributed by atoms with Gasteiger partial charge in [0.1, 0.15) is 18.3 Å². The molecular weight excluding hydrogens is 166 g/mol. The lowest BCUT2D eigenvalue weighted by Crippen LogP contribution is -2.77. The molecule has 1 saturated heterocycles. The Morgan fingerprint density at radius 3 is 2.25 bits per heavy atom. The summed E-state index contributed by atoms with van der Waals surface area (Å²) >= 11 is 0. The second-order valence-corrected chi connectivity index (χ2v) is 2.89. The lowest BCUT2D eigenvalue weighted by Gasteiger charge is -2.36. The summed E-state index contributed by atoms with van der Waals surface area (Å²) in [5.74, 6) is 0. The topological polar surface area (TPSA) is 118 Å². The summed E-state index contributed by atoms with van der Waals surface area (Å²) in [5, 5.41) is 36.3. The van der Waals surface area contributed by atoms with Crippen LogP contribution < -0.4 is 5.73 Å². The van der Waals surface area contributed by atoms with Crippen molar-refractivity contribution in [1.82, 2.24) is 0 Å². The Bertz CT molecular complexity index is 150. The average Bonchev–Trinajstić information content (AvgIpc) is 2.08. The van der Waals surface area contributed by atoms with E-state index in [0.29, 0.717) is 0 Å². The summed E-state index contributed by atoms with van der Waals surface area (Å²) in [6, 6.07) is -0.789. The molecule has 0 aromatic carbocycles. The number of aliphatic hydroxyl groups is 4. The van der Waals surface area contributed by atoms with Crippen LogP contribution in [0, 0.1) is 0 Å². The first-order valence-electron chi connectivity index (χ1n) is 3.71. The van der Waals surface area contributed by atoms with Gasteiger partial charge in [-0.15, -0.1) is 0 Å². The minimum atomic E-state index is -1.24. The predicted octanol–water partition coefficient (Wildman–Crippen LogP) is -3.97. The maximum absolute atomic E-state index is 9.25. The van der Waals surface area contributed by atoms with Gasteiger partial charge in [-0.2, -0.15) is 0 Å². The van der Waals surface area contributed by atoms with Crippen molar-refractivity contribution in [3.63, 3.8) is 0 Å². The van der Waals surface area contributed by atoms with Gasteiger partial charge in [-0.25, -0.2) is 0 Å². The molecule has 0 aliphatic carbocycles. The Morgan fingerprint density at radius 1 is 1.17 bits per heavy atom. The van der Waals surface area contributed by atoms with Gasteiger partial charge in [0.25, 0.3) is 0 Å². The third-order valence-corrected chi connectivity index (χ3v) is 2.03. The number of hydrogen-bond donors (Lipinski definition) is 5. The van der Waals surface area contributed by atoms with Gasteiger partial charge in [-0.1, -0.05) is 0 Å². The summed E-state index contributed by atoms with van der Waals surface area (Å²) in [6.45, 7) is -0.442. The maximum atomic E-state index is 9.25. The molecule has 0 saturated carbocycles. The molecule has 72 valence electrons. The summed E-state index contributed by atoms with van der Waals surface area (Å²) in [6.07, 6.45) is -4.53. The molecule has 0 aromatic heterocycles. The van der Waals surface area contributed by atoms with Crippen molar-refractivity contribution in [3.8, 4) is 0 Å². The fraction of sp³-hybridized carbons (Fsp3) is 1.00. The van der Waals surface area contributed by atoms with Crippen molar-refractivity contribution >= 4 is 0 Å². The van der Waals surface area contributed by atoms with E-state index in [9.17, 15) is 10.2 Å². The Morgan fingerprint density at radius 2 is 1.75 bits per heavy atom. The molecule has 1 aliphatic rings. The Labute approximate surface area is 69.2 Å². The molecule has 7 N–H and O–H groups in total. The summed E-state index contributed by atoms with van der Waals surface area (Å²) in [4.78, 5) is 0. The van der Waals surface area contributed by atoms with Crippen LogP contribution in [0.25, 0.3) is 0 Å². The van der Waals surface area contributed by atoms with Crippen molar-refractivity contribution in [2.24, 2.45) is 0 Å². The van der Waals surface area contributed by atoms with Crippen molar-refractivity contribution in [2.75, 3.05) is 6.61 Å². The van der Waals surface area contributed by atoms with Gasteiger partial charge in [0.15, 0.2) is 6.04 Å². The molecule has 0 amide bonds. The predicted molar refractivity (Wildman–Crippen MR) is 36.7 cm³/mol. The summed E-state index contributed by atoms with van der Waals surface area (Å²) in [7, 11) is 0. The fourth-order valence-electron chi connectivity index (χ4n) is 1.15. The van der Waals surface area contributed by atoms with E-state index in [1.54, 1.807) is 0 Å². The first kappa shape index (κ1) is 9.85. The van der Waals surface area contributed by atoms with Gasteiger partial charge in [0.05, 0.1) is 6.61 Å². The molecule has 1 heterocycles. The normalized spacial score (nSPS) is 49.2. The highest BCUT2D eigenvalue weighted by atomic mass is 16.6. The van der Waals surface area contributed by atoms with Gasteiger partial charge in [-0.3, -0.25) is 0 Å². The van der Waals surface area contributed by atoms with Gasteiger partial charge in [0, 0.05) is 0 Å². The van der Waals surface area contributed by atoms with E-state index in [2.05, 4.69) is 5.73 Å². The number of quaternary nitrogens is 1. The number of aliphatic hydroxyl groups excluding tert-OH is 4. The van der Waals surface area contributed by atoms with Gasteiger partial charge in [-0.05, 0) is 0 Å². The minimum Gasteiger partial charge on any atom is -0.394 e. The monoisotopic (exact) mass is 180 g/mol. The van der Waals surface area contributed by atoms with E-state index < -0.39 is 37.3 Å². The molecule has 1 fully saturated rings. The number of rotatable bonds is 1. The Kier molecular flexibility index (Phi) is 2.99. The minimum absolute atomic E-state index is 0.442. The van der Waals surface area contributed by atoms with E-state index in [1.165, 1.54) is 0 Å². The van der Waals surface area contributed by atoms with Gasteiger partial charge < -0.3 is 30.9 Å². The second kappa shape index (κ2) is 3.65. The fourth-order valence-corrected chi connectivity index (χ4v) is 1.15. The van der Waals surface area contributed by atoms with Gasteiger partial charge >= 0.3 is 0 Å². The standard InChI is InChI=1S/C6H13NO5/c7-3-5(10)4(9)2(1-8)12-6(3)11/h2-6,8-11H,1,7H2/p+1/t2-,3-,4+,5-,6?/m1/s1. The Hall–Kier alpha value is -0.240. The molecule has 0 aromatic rings. The molecule has 1 aliphatic heterocycles. The zero-order valence-electron chi connectivity index (χ0n) is 6.50. The highest BCUT2D eigenvalue weighted by molar-refractivity contribution is 4.87. The van der Waals surface area contributed by atoms with Crippen LogP contribution in [-0.2, 0) is 4.74 Å². The van der Waals surface area contributed by atoms with Crippen molar-refractivity contribution in [3.05, 3.63) is 0 Å². The SMILES string of the molecule is [NH3+][C@H]1C(O)O[C@H](CO)[C@H](O)[C@@H]1O. The quantitative estimate of drug-likeness (QED) is 0.282. The molecule has 12 heavy (non-hydrogen) atoms. The third kappa shape index (κ3) is 1.58. The van der Waals surface area contributed by atoms with Crippen LogP contribution in [0.15, 0.2) is 0 Å². The third-order valence-electron chi connectivity index (χ3n) is 2.03. The average molecular weight is 180 g/mol. The van der Waals surface area contributed by atoms with Crippen molar-refractivity contribution in [1.29, 1.82) is 0 Å². The van der Waals surface area contributed by atoms with Crippen LogP contribution in [0.2, 0.25) is 0 Å². The van der Waals surface area contributed by atoms with E-state index in [1.807, 2.05) is 0 Å². The highest BCUT2D eigenvalue weighted by Crippen LogP contribution is 2.16. The van der Waals surface area contributed by atoms with Crippen LogP contribution >= 0.6 is 0 Å². The van der Waals surface area contributed by atoms with E-state index in [-0.39, 0.29) is 0 Å². The summed E-state index contributed by atoms with van der Waals surface area (Å²) < 4.78 is 4.76. The molecular formula is C6H14NO5+. The largest absolute Gasteiger partial charge is 0.394 e. The smallest absolute Gasteiger partial charge is 0.211 e. The molecule has 0 bridgehead atoms. The number of ether oxygens (including phenoxy) is 1. The first-order chi connectivity index (χ1) is 5.57. The second-order valence-electron chi connectivity index (χ2n) is 2.89. The van der Waals surface area contributed by atoms with Crippen molar-refractivity contribution in [2.45, 2.75) is 30.6 Å². The van der Waals surface area contributed by atoms with Crippen LogP contribution in [-0.4, -0.2) is 57.7 Å². The van der Waals surface area contributed by atoms with E-state index in [4.69, 9.17) is 14.9 Å². The highest BCUT2D eigenvalue weighted by Gasteiger charge is 2.43. The van der Waals surface area contributed by atoms with E-state index >= 15 is 0 Å². The number of hydrogen-bond acceptors (Lipinski definition) is 5. The molecule has 1 unspecified atom stereocenters.